The van der Waals surface area contributed by atoms with E-state index in [4.69, 9.17) is 9.05 Å². The van der Waals surface area contributed by atoms with Crippen molar-refractivity contribution in [1.82, 2.24) is 0 Å². The van der Waals surface area contributed by atoms with Crippen molar-refractivity contribution in [2.75, 3.05) is 13.2 Å². The van der Waals surface area contributed by atoms with Gasteiger partial charge in [-0.1, -0.05) is 102 Å². The Bertz CT molecular complexity index is 870. The van der Waals surface area contributed by atoms with Gasteiger partial charge in [0.15, 0.2) is 0 Å². The normalized spacial score (nSPS) is 24.6. The largest absolute Gasteiger partial charge is 0.507 e. The van der Waals surface area contributed by atoms with Crippen LogP contribution in [-0.2, 0) is 30.6 Å². The molecule has 0 atom stereocenters. The molecule has 0 radical (unpaired) electrons. The van der Waals surface area contributed by atoms with E-state index in [-0.39, 0.29) is 33.2 Å². The van der Waals surface area contributed by atoms with E-state index in [0.29, 0.717) is 19.0 Å². The molecule has 1 aromatic carbocycles. The molecule has 4 nitrogen and oxygen atoms in total. The molecule has 1 heterocycles. The lowest BCUT2D eigenvalue weighted by Gasteiger charge is -2.39. The minimum Gasteiger partial charge on any atom is -0.507 e. The van der Waals surface area contributed by atoms with Crippen molar-refractivity contribution in [3.8, 4) is 5.75 Å². The van der Waals surface area contributed by atoms with Gasteiger partial charge in [0, 0.05) is 16.5 Å². The van der Waals surface area contributed by atoms with Crippen LogP contribution in [0, 0.1) is 16.2 Å². The molecule has 0 bridgehead atoms. The average Bonchev–Trinajstić information content (AvgIpc) is 2.62. The molecule has 2 rings (SSSR count). The van der Waals surface area contributed by atoms with E-state index < -0.39 is 7.60 Å². The first-order valence-electron chi connectivity index (χ1n) is 13.4. The number of hydrogen-bond donors (Lipinski definition) is 1. The molecule has 0 aromatic heterocycles. The van der Waals surface area contributed by atoms with Crippen molar-refractivity contribution < 1.29 is 18.7 Å². The smallest absolute Gasteiger partial charge is 0.335 e. The summed E-state index contributed by atoms with van der Waals surface area (Å²) in [5.41, 5.74) is 2.35. The standard InChI is InChI=1S/C30H53O4P/c1-13-14-30(12)20-33-35(32,34-21-30)17-22-15-23(28(8,9)18-26(2,3)4)25(31)24(16-22)29(10,11)19-27(5,6)7/h15-16,31H,13-14,17-21H2,1-12H3. The van der Waals surface area contributed by atoms with Crippen LogP contribution in [0.2, 0.25) is 0 Å². The summed E-state index contributed by atoms with van der Waals surface area (Å²) in [6.45, 7) is 27.4. The highest BCUT2D eigenvalue weighted by atomic mass is 31.2. The lowest BCUT2D eigenvalue weighted by atomic mass is 9.68. The second kappa shape index (κ2) is 10.1. The van der Waals surface area contributed by atoms with Gasteiger partial charge in [-0.2, -0.15) is 0 Å². The van der Waals surface area contributed by atoms with Crippen molar-refractivity contribution in [1.29, 1.82) is 0 Å². The Morgan fingerprint density at radius 3 is 1.60 bits per heavy atom. The van der Waals surface area contributed by atoms with E-state index in [2.05, 4.69) is 83.1 Å². The van der Waals surface area contributed by atoms with Crippen molar-refractivity contribution in [3.05, 3.63) is 28.8 Å². The van der Waals surface area contributed by atoms with Gasteiger partial charge in [0.2, 0.25) is 0 Å². The van der Waals surface area contributed by atoms with Crippen LogP contribution in [0.15, 0.2) is 12.1 Å². The third kappa shape index (κ3) is 8.34. The summed E-state index contributed by atoms with van der Waals surface area (Å²) in [4.78, 5) is 0. The van der Waals surface area contributed by atoms with E-state index >= 15 is 0 Å². The van der Waals surface area contributed by atoms with Gasteiger partial charge in [-0.15, -0.1) is 0 Å². The number of phenols is 1. The zero-order valence-electron chi connectivity index (χ0n) is 24.7. The van der Waals surface area contributed by atoms with Crippen molar-refractivity contribution in [3.63, 3.8) is 0 Å². The third-order valence-electron chi connectivity index (χ3n) is 7.02. The van der Waals surface area contributed by atoms with Crippen LogP contribution in [0.1, 0.15) is 125 Å². The summed E-state index contributed by atoms with van der Waals surface area (Å²) in [5.74, 6) is 0.372. The summed E-state index contributed by atoms with van der Waals surface area (Å²) < 4.78 is 25.6. The molecule has 202 valence electrons. The Morgan fingerprint density at radius 2 is 1.26 bits per heavy atom. The molecule has 0 aliphatic carbocycles. The van der Waals surface area contributed by atoms with Gasteiger partial charge in [0.1, 0.15) is 5.75 Å². The van der Waals surface area contributed by atoms with E-state index in [1.165, 1.54) is 0 Å². The Labute approximate surface area is 216 Å². The molecule has 1 aliphatic rings. The number of phenolic OH excluding ortho intramolecular Hbond substituents is 1. The molecule has 1 fully saturated rings. The van der Waals surface area contributed by atoms with Crippen LogP contribution in [0.3, 0.4) is 0 Å². The highest BCUT2D eigenvalue weighted by Crippen LogP contribution is 2.58. The fourth-order valence-electron chi connectivity index (χ4n) is 6.31. The van der Waals surface area contributed by atoms with Gasteiger partial charge < -0.3 is 14.2 Å². The SMILES string of the molecule is CCCC1(C)COP(=O)(Cc2cc(C(C)(C)CC(C)(C)C)c(O)c(C(C)(C)CC(C)(C)C)c2)OC1. The molecule has 35 heavy (non-hydrogen) atoms. The minimum atomic E-state index is -3.26. The van der Waals surface area contributed by atoms with Gasteiger partial charge in [0.05, 0.1) is 19.4 Å². The highest BCUT2D eigenvalue weighted by molar-refractivity contribution is 7.53. The van der Waals surface area contributed by atoms with E-state index in [0.717, 1.165) is 42.4 Å². The van der Waals surface area contributed by atoms with Crippen LogP contribution in [0.4, 0.5) is 0 Å². The Kier molecular flexibility index (Phi) is 8.81. The summed E-state index contributed by atoms with van der Waals surface area (Å²) in [6.07, 6.45) is 4.09. The zero-order valence-corrected chi connectivity index (χ0v) is 25.6. The minimum absolute atomic E-state index is 0.0860. The quantitative estimate of drug-likeness (QED) is 0.355. The molecule has 0 saturated carbocycles. The Balaban J connectivity index is 2.55. The monoisotopic (exact) mass is 508 g/mol. The first kappa shape index (κ1) is 30.4. The number of aromatic hydroxyl groups is 1. The highest BCUT2D eigenvalue weighted by Gasteiger charge is 2.40. The molecular formula is C30H53O4P. The van der Waals surface area contributed by atoms with Crippen LogP contribution in [0.25, 0.3) is 0 Å². The topological polar surface area (TPSA) is 55.8 Å². The predicted molar refractivity (Wildman–Crippen MR) is 149 cm³/mol. The number of hydrogen-bond acceptors (Lipinski definition) is 4. The Morgan fingerprint density at radius 1 is 0.857 bits per heavy atom. The molecule has 1 aromatic rings. The summed E-state index contributed by atoms with van der Waals surface area (Å²) in [7, 11) is -3.26. The van der Waals surface area contributed by atoms with Gasteiger partial charge in [0.25, 0.3) is 0 Å². The van der Waals surface area contributed by atoms with Crippen LogP contribution >= 0.6 is 7.60 Å². The van der Waals surface area contributed by atoms with Crippen molar-refractivity contribution >= 4 is 7.60 Å². The van der Waals surface area contributed by atoms with Crippen LogP contribution < -0.4 is 0 Å². The number of benzene rings is 1. The summed E-state index contributed by atoms with van der Waals surface area (Å²) >= 11 is 0. The first-order chi connectivity index (χ1) is 15.6. The third-order valence-corrected chi connectivity index (χ3v) is 8.82. The van der Waals surface area contributed by atoms with Gasteiger partial charge in [-0.05, 0) is 46.5 Å². The lowest BCUT2D eigenvalue weighted by Crippen LogP contribution is -2.32. The van der Waals surface area contributed by atoms with Crippen molar-refractivity contribution in [2.24, 2.45) is 16.2 Å². The fourth-order valence-corrected chi connectivity index (χ4v) is 8.21. The molecule has 5 heteroatoms. The van der Waals surface area contributed by atoms with Crippen LogP contribution in [-0.4, -0.2) is 18.3 Å². The maximum atomic E-state index is 13.7. The molecule has 1 N–H and O–H groups in total. The molecule has 0 amide bonds. The summed E-state index contributed by atoms with van der Waals surface area (Å²) in [5, 5.41) is 11.6. The second-order valence-corrected chi connectivity index (χ2v) is 17.2. The van der Waals surface area contributed by atoms with Crippen LogP contribution in [0.5, 0.6) is 5.75 Å². The molecular weight excluding hydrogens is 455 g/mol. The average molecular weight is 509 g/mol. The predicted octanol–water partition coefficient (Wildman–Crippen LogP) is 9.37. The first-order valence-corrected chi connectivity index (χ1v) is 15.1. The van der Waals surface area contributed by atoms with Gasteiger partial charge in [-0.3, -0.25) is 4.57 Å². The van der Waals surface area contributed by atoms with Gasteiger partial charge >= 0.3 is 7.60 Å². The molecule has 1 aliphatic heterocycles. The lowest BCUT2D eigenvalue weighted by molar-refractivity contribution is 0.0227. The maximum Gasteiger partial charge on any atom is 0.335 e. The molecule has 0 spiro atoms. The van der Waals surface area contributed by atoms with E-state index in [9.17, 15) is 9.67 Å². The molecule has 1 saturated heterocycles. The zero-order chi connectivity index (χ0) is 27.1. The van der Waals surface area contributed by atoms with E-state index in [1.54, 1.807) is 0 Å². The fraction of sp³-hybridized carbons (Fsp3) is 0.800. The van der Waals surface area contributed by atoms with Gasteiger partial charge in [-0.25, -0.2) is 0 Å². The Hall–Kier alpha value is -0.830. The van der Waals surface area contributed by atoms with Crippen molar-refractivity contribution in [2.45, 2.75) is 126 Å². The van der Waals surface area contributed by atoms with E-state index in [1.807, 2.05) is 12.1 Å². The molecule has 0 unspecified atom stereocenters. The summed E-state index contributed by atoms with van der Waals surface area (Å²) in [6, 6.07) is 4.09. The maximum absolute atomic E-state index is 13.7. The second-order valence-electron chi connectivity index (χ2n) is 15.2. The number of rotatable bonds is 8.